The van der Waals surface area contributed by atoms with Gasteiger partial charge in [0, 0.05) is 13.2 Å². The smallest absolute Gasteiger partial charge is 0.0897 e. The zero-order valence-electron chi connectivity index (χ0n) is 13.6. The molecule has 1 aliphatic rings. The van der Waals surface area contributed by atoms with Crippen LogP contribution in [0, 0.1) is 11.8 Å². The highest BCUT2D eigenvalue weighted by Crippen LogP contribution is 2.33. The first-order valence-corrected chi connectivity index (χ1v) is 8.72. The van der Waals surface area contributed by atoms with Crippen molar-refractivity contribution in [1.29, 1.82) is 0 Å². The molecule has 0 aromatic carbocycles. The van der Waals surface area contributed by atoms with Crippen LogP contribution < -0.4 is 5.32 Å². The second kappa shape index (κ2) is 11.5. The summed E-state index contributed by atoms with van der Waals surface area (Å²) in [5.74, 6) is 1.67. The molecule has 0 heterocycles. The van der Waals surface area contributed by atoms with Gasteiger partial charge >= 0.3 is 0 Å². The number of hydrogen-bond donors (Lipinski definition) is 2. The van der Waals surface area contributed by atoms with Gasteiger partial charge < -0.3 is 15.2 Å². The van der Waals surface area contributed by atoms with Crippen molar-refractivity contribution < 1.29 is 9.84 Å². The molecule has 0 amide bonds. The van der Waals surface area contributed by atoms with E-state index in [1.54, 1.807) is 0 Å². The van der Waals surface area contributed by atoms with Crippen molar-refractivity contribution in [1.82, 2.24) is 5.32 Å². The molecule has 0 bridgehead atoms. The van der Waals surface area contributed by atoms with E-state index in [0.29, 0.717) is 19.1 Å². The molecular weight excluding hydrogens is 250 g/mol. The SMILES string of the molecule is CCCCC(CC)COCC(O)CNCCCC1CC1. The molecule has 0 aromatic heterocycles. The fraction of sp³-hybridized carbons (Fsp3) is 1.00. The third-order valence-electron chi connectivity index (χ3n) is 4.25. The zero-order chi connectivity index (χ0) is 14.6. The third-order valence-corrected chi connectivity index (χ3v) is 4.25. The topological polar surface area (TPSA) is 41.5 Å². The number of ether oxygens (including phenoxy) is 1. The molecule has 120 valence electrons. The summed E-state index contributed by atoms with van der Waals surface area (Å²) in [6.07, 6.45) is 10.1. The highest BCUT2D eigenvalue weighted by atomic mass is 16.5. The van der Waals surface area contributed by atoms with Crippen molar-refractivity contribution in [2.45, 2.75) is 71.3 Å². The van der Waals surface area contributed by atoms with Gasteiger partial charge in [-0.05, 0) is 37.6 Å². The summed E-state index contributed by atoms with van der Waals surface area (Å²) >= 11 is 0. The summed E-state index contributed by atoms with van der Waals surface area (Å²) in [6.45, 7) is 7.42. The Bertz CT molecular complexity index is 219. The largest absolute Gasteiger partial charge is 0.389 e. The van der Waals surface area contributed by atoms with Crippen molar-refractivity contribution in [3.8, 4) is 0 Å². The molecule has 3 nitrogen and oxygen atoms in total. The van der Waals surface area contributed by atoms with Gasteiger partial charge in [0.2, 0.25) is 0 Å². The lowest BCUT2D eigenvalue weighted by atomic mass is 10.0. The Morgan fingerprint density at radius 1 is 1.20 bits per heavy atom. The molecule has 2 unspecified atom stereocenters. The van der Waals surface area contributed by atoms with Crippen LogP contribution in [0.5, 0.6) is 0 Å². The van der Waals surface area contributed by atoms with E-state index >= 15 is 0 Å². The predicted molar refractivity (Wildman–Crippen MR) is 85.0 cm³/mol. The lowest BCUT2D eigenvalue weighted by Crippen LogP contribution is -2.31. The molecule has 3 heteroatoms. The lowest BCUT2D eigenvalue weighted by Gasteiger charge is -2.17. The lowest BCUT2D eigenvalue weighted by molar-refractivity contribution is 0.0194. The monoisotopic (exact) mass is 285 g/mol. The Kier molecular flexibility index (Phi) is 10.3. The maximum absolute atomic E-state index is 9.84. The van der Waals surface area contributed by atoms with Gasteiger partial charge in [0.25, 0.3) is 0 Å². The molecule has 0 spiro atoms. The van der Waals surface area contributed by atoms with E-state index in [0.717, 1.165) is 19.1 Å². The second-order valence-corrected chi connectivity index (χ2v) is 6.40. The van der Waals surface area contributed by atoms with Gasteiger partial charge in [-0.25, -0.2) is 0 Å². The highest BCUT2D eigenvalue weighted by molar-refractivity contribution is 4.73. The number of rotatable bonds is 14. The van der Waals surface area contributed by atoms with Crippen LogP contribution >= 0.6 is 0 Å². The minimum atomic E-state index is -0.361. The van der Waals surface area contributed by atoms with E-state index in [4.69, 9.17) is 4.74 Å². The molecule has 1 saturated carbocycles. The molecule has 1 fully saturated rings. The van der Waals surface area contributed by atoms with Gasteiger partial charge in [-0.3, -0.25) is 0 Å². The maximum Gasteiger partial charge on any atom is 0.0897 e. The van der Waals surface area contributed by atoms with Crippen LogP contribution in [0.3, 0.4) is 0 Å². The van der Waals surface area contributed by atoms with Gasteiger partial charge in [-0.15, -0.1) is 0 Å². The summed E-state index contributed by atoms with van der Waals surface area (Å²) in [5, 5.41) is 13.2. The first kappa shape index (κ1) is 17.9. The van der Waals surface area contributed by atoms with E-state index in [1.165, 1.54) is 51.4 Å². The summed E-state index contributed by atoms with van der Waals surface area (Å²) in [5.41, 5.74) is 0. The van der Waals surface area contributed by atoms with Crippen LogP contribution in [0.2, 0.25) is 0 Å². The fourth-order valence-corrected chi connectivity index (χ4v) is 2.52. The first-order valence-electron chi connectivity index (χ1n) is 8.72. The van der Waals surface area contributed by atoms with Crippen molar-refractivity contribution in [3.05, 3.63) is 0 Å². The average molecular weight is 285 g/mol. The van der Waals surface area contributed by atoms with E-state index in [9.17, 15) is 5.11 Å². The van der Waals surface area contributed by atoms with Crippen LogP contribution in [-0.4, -0.2) is 37.5 Å². The molecule has 2 N–H and O–H groups in total. The number of hydrogen-bond acceptors (Lipinski definition) is 3. The Labute approximate surface area is 125 Å². The first-order chi connectivity index (χ1) is 9.76. The molecule has 0 radical (unpaired) electrons. The maximum atomic E-state index is 9.84. The van der Waals surface area contributed by atoms with Gasteiger partial charge in [0.05, 0.1) is 12.7 Å². The quantitative estimate of drug-likeness (QED) is 0.481. The van der Waals surface area contributed by atoms with Gasteiger partial charge in [-0.2, -0.15) is 0 Å². The molecule has 0 aromatic rings. The summed E-state index contributed by atoms with van der Waals surface area (Å²) in [4.78, 5) is 0. The summed E-state index contributed by atoms with van der Waals surface area (Å²) in [6, 6.07) is 0. The van der Waals surface area contributed by atoms with E-state index in [2.05, 4.69) is 19.2 Å². The number of aliphatic hydroxyl groups excluding tert-OH is 1. The van der Waals surface area contributed by atoms with Crippen LogP contribution in [0.25, 0.3) is 0 Å². The Morgan fingerprint density at radius 2 is 2.00 bits per heavy atom. The molecule has 0 saturated heterocycles. The van der Waals surface area contributed by atoms with Gasteiger partial charge in [0.15, 0.2) is 0 Å². The molecular formula is C17H35NO2. The van der Waals surface area contributed by atoms with Crippen molar-refractivity contribution in [3.63, 3.8) is 0 Å². The van der Waals surface area contributed by atoms with E-state index < -0.39 is 0 Å². The van der Waals surface area contributed by atoms with Crippen molar-refractivity contribution >= 4 is 0 Å². The average Bonchev–Trinajstić information content (AvgIpc) is 3.26. The minimum absolute atomic E-state index is 0.361. The fourth-order valence-electron chi connectivity index (χ4n) is 2.52. The molecule has 0 aliphatic heterocycles. The number of nitrogens with one attached hydrogen (secondary N) is 1. The number of aliphatic hydroxyl groups is 1. The van der Waals surface area contributed by atoms with Crippen LogP contribution in [-0.2, 0) is 4.74 Å². The second-order valence-electron chi connectivity index (χ2n) is 6.40. The molecule has 2 atom stereocenters. The Morgan fingerprint density at radius 3 is 2.65 bits per heavy atom. The van der Waals surface area contributed by atoms with Gasteiger partial charge in [0.1, 0.15) is 0 Å². The van der Waals surface area contributed by atoms with E-state index in [1.807, 2.05) is 0 Å². The highest BCUT2D eigenvalue weighted by Gasteiger charge is 2.19. The van der Waals surface area contributed by atoms with Crippen molar-refractivity contribution in [2.24, 2.45) is 11.8 Å². The molecule has 1 rings (SSSR count). The van der Waals surface area contributed by atoms with Gasteiger partial charge in [-0.1, -0.05) is 46.0 Å². The van der Waals surface area contributed by atoms with Crippen LogP contribution in [0.1, 0.15) is 65.2 Å². The summed E-state index contributed by atoms with van der Waals surface area (Å²) in [7, 11) is 0. The third kappa shape index (κ3) is 9.73. The van der Waals surface area contributed by atoms with E-state index in [-0.39, 0.29) is 6.10 Å². The summed E-state index contributed by atoms with van der Waals surface area (Å²) < 4.78 is 5.66. The van der Waals surface area contributed by atoms with Crippen LogP contribution in [0.15, 0.2) is 0 Å². The van der Waals surface area contributed by atoms with Crippen LogP contribution in [0.4, 0.5) is 0 Å². The normalized spacial score (nSPS) is 18.1. The molecule has 1 aliphatic carbocycles. The van der Waals surface area contributed by atoms with Crippen molar-refractivity contribution in [2.75, 3.05) is 26.3 Å². The number of unbranched alkanes of at least 4 members (excludes halogenated alkanes) is 1. The Balaban J connectivity index is 1.88. The zero-order valence-corrected chi connectivity index (χ0v) is 13.6. The predicted octanol–water partition coefficient (Wildman–Crippen LogP) is 3.36. The molecule has 20 heavy (non-hydrogen) atoms. The Hall–Kier alpha value is -0.120. The standard InChI is InChI=1S/C17H35NO2/c1-3-5-7-15(4-2)13-20-14-17(19)12-18-11-6-8-16-9-10-16/h15-19H,3-14H2,1-2H3. The minimum Gasteiger partial charge on any atom is -0.389 e.